The van der Waals surface area contributed by atoms with E-state index in [0.717, 1.165) is 5.69 Å². The lowest BCUT2D eigenvalue weighted by Gasteiger charge is -2.06. The highest BCUT2D eigenvalue weighted by atomic mass is 16.5. The zero-order valence-corrected chi connectivity index (χ0v) is 13.6. The summed E-state index contributed by atoms with van der Waals surface area (Å²) in [5.74, 6) is 0.403. The summed E-state index contributed by atoms with van der Waals surface area (Å²) in [5, 5.41) is 11.8. The summed E-state index contributed by atoms with van der Waals surface area (Å²) in [6, 6.07) is 12.7. The lowest BCUT2D eigenvalue weighted by Crippen LogP contribution is -2.43. The lowest BCUT2D eigenvalue weighted by molar-refractivity contribution is -0.668. The van der Waals surface area contributed by atoms with Crippen LogP contribution in [0.3, 0.4) is 0 Å². The summed E-state index contributed by atoms with van der Waals surface area (Å²) < 4.78 is 15.0. The van der Waals surface area contributed by atoms with Crippen molar-refractivity contribution in [1.29, 1.82) is 5.41 Å². The van der Waals surface area contributed by atoms with E-state index in [1.54, 1.807) is 28.5 Å². The molecule has 1 aromatic carbocycles. The SMILES string of the molecule is Cc1c(-[n+]2[n-]oc(=N)c2-c2ccco2)c(=O)n(-c2ccccc2)n1C. The number of nitrogens with one attached hydrogen (secondary N) is 1. The number of furan rings is 1. The Bertz CT molecular complexity index is 1140. The Morgan fingerprint density at radius 2 is 1.92 bits per heavy atom. The van der Waals surface area contributed by atoms with Gasteiger partial charge >= 0.3 is 11.3 Å². The van der Waals surface area contributed by atoms with Crippen LogP contribution < -0.4 is 21.1 Å². The minimum absolute atomic E-state index is 0.177. The standard InChI is InChI=1S/C17H15N5O3/c1-11-14(17(23)22(20(11)2)12-7-4-3-5-8-12)21-15(16(18)25-19-21)13-9-6-10-24-13/h3-10,18H,1-2H3. The fourth-order valence-corrected chi connectivity index (χ4v) is 2.84. The van der Waals surface area contributed by atoms with Crippen LogP contribution in [0.4, 0.5) is 0 Å². The van der Waals surface area contributed by atoms with Gasteiger partial charge in [-0.05, 0) is 31.2 Å². The number of nitrogens with zero attached hydrogens (tertiary/aromatic N) is 4. The van der Waals surface area contributed by atoms with Crippen molar-refractivity contribution in [2.45, 2.75) is 6.92 Å². The summed E-state index contributed by atoms with van der Waals surface area (Å²) in [4.78, 5) is 13.1. The zero-order chi connectivity index (χ0) is 17.6. The van der Waals surface area contributed by atoms with Crippen LogP contribution in [0.1, 0.15) is 5.69 Å². The smallest absolute Gasteiger partial charge is 0.343 e. The molecule has 0 aliphatic heterocycles. The molecule has 3 heterocycles. The molecule has 4 rings (SSSR count). The quantitative estimate of drug-likeness (QED) is 0.565. The first-order valence-electron chi connectivity index (χ1n) is 7.61. The average molecular weight is 337 g/mol. The van der Waals surface area contributed by atoms with Gasteiger partial charge in [-0.25, -0.2) is 9.95 Å². The number of hydrogen-bond acceptors (Lipinski definition) is 4. The molecule has 0 unspecified atom stereocenters. The van der Waals surface area contributed by atoms with E-state index in [1.807, 2.05) is 37.3 Å². The summed E-state index contributed by atoms with van der Waals surface area (Å²) >= 11 is 0. The molecule has 0 spiro atoms. The number of rotatable bonds is 3. The topological polar surface area (TPSA) is 95.0 Å². The highest BCUT2D eigenvalue weighted by molar-refractivity contribution is 5.46. The normalized spacial score (nSPS) is 11.1. The van der Waals surface area contributed by atoms with E-state index in [2.05, 4.69) is 5.27 Å². The first-order valence-corrected chi connectivity index (χ1v) is 7.61. The Hall–Kier alpha value is -3.55. The second-order valence-corrected chi connectivity index (χ2v) is 5.55. The number of aromatic nitrogens is 4. The molecular weight excluding hydrogens is 322 g/mol. The average Bonchev–Trinajstić information content (AvgIpc) is 3.30. The maximum absolute atomic E-state index is 13.1. The van der Waals surface area contributed by atoms with Crippen LogP contribution in [-0.4, -0.2) is 9.36 Å². The van der Waals surface area contributed by atoms with Gasteiger partial charge in [-0.1, -0.05) is 18.2 Å². The molecule has 0 aliphatic carbocycles. The van der Waals surface area contributed by atoms with Gasteiger partial charge < -0.3 is 8.94 Å². The third-order valence-corrected chi connectivity index (χ3v) is 4.13. The molecule has 0 saturated heterocycles. The molecule has 8 nitrogen and oxygen atoms in total. The zero-order valence-electron chi connectivity index (χ0n) is 13.6. The molecule has 0 bridgehead atoms. The summed E-state index contributed by atoms with van der Waals surface area (Å²) in [7, 11) is 1.79. The van der Waals surface area contributed by atoms with Gasteiger partial charge in [0, 0.05) is 7.05 Å². The Morgan fingerprint density at radius 1 is 1.16 bits per heavy atom. The Balaban J connectivity index is 2.01. The van der Waals surface area contributed by atoms with Gasteiger partial charge in [0.25, 0.3) is 11.2 Å². The minimum atomic E-state index is -0.266. The maximum Gasteiger partial charge on any atom is 0.343 e. The third kappa shape index (κ3) is 2.18. The van der Waals surface area contributed by atoms with Gasteiger partial charge in [-0.15, -0.1) is 0 Å². The molecule has 0 fully saturated rings. The van der Waals surface area contributed by atoms with Crippen LogP contribution in [0.25, 0.3) is 22.8 Å². The Kier molecular flexibility index (Phi) is 3.31. The summed E-state index contributed by atoms with van der Waals surface area (Å²) in [5.41, 5.74) is 1.57. The van der Waals surface area contributed by atoms with Gasteiger partial charge in [-0.3, -0.25) is 14.9 Å². The molecule has 0 saturated carbocycles. The minimum Gasteiger partial charge on any atom is -0.486 e. The van der Waals surface area contributed by atoms with Crippen molar-refractivity contribution in [2.24, 2.45) is 7.05 Å². The number of hydrogen-bond donors (Lipinski definition) is 1. The fourth-order valence-electron chi connectivity index (χ4n) is 2.84. The van der Waals surface area contributed by atoms with Gasteiger partial charge in [-0.2, -0.15) is 4.68 Å². The predicted molar refractivity (Wildman–Crippen MR) is 86.4 cm³/mol. The maximum atomic E-state index is 13.1. The molecule has 4 aromatic rings. The van der Waals surface area contributed by atoms with Crippen molar-refractivity contribution in [2.75, 3.05) is 0 Å². The highest BCUT2D eigenvalue weighted by Crippen LogP contribution is 2.15. The van der Waals surface area contributed by atoms with Crippen molar-refractivity contribution < 1.29 is 13.6 Å². The van der Waals surface area contributed by atoms with E-state index in [9.17, 15) is 4.79 Å². The van der Waals surface area contributed by atoms with E-state index < -0.39 is 0 Å². The van der Waals surface area contributed by atoms with Crippen LogP contribution in [0.15, 0.2) is 62.5 Å². The van der Waals surface area contributed by atoms with Crippen LogP contribution in [0.2, 0.25) is 0 Å². The van der Waals surface area contributed by atoms with E-state index >= 15 is 0 Å². The highest BCUT2D eigenvalue weighted by Gasteiger charge is 2.28. The van der Waals surface area contributed by atoms with E-state index in [0.29, 0.717) is 17.1 Å². The molecule has 126 valence electrons. The molecule has 0 amide bonds. The second-order valence-electron chi connectivity index (χ2n) is 5.55. The van der Waals surface area contributed by atoms with Crippen molar-refractivity contribution in [3.8, 4) is 22.8 Å². The van der Waals surface area contributed by atoms with Crippen LogP contribution >= 0.6 is 0 Å². The monoisotopic (exact) mass is 337 g/mol. The van der Waals surface area contributed by atoms with Crippen LogP contribution in [-0.2, 0) is 7.05 Å². The molecule has 0 radical (unpaired) electrons. The van der Waals surface area contributed by atoms with Gasteiger partial charge in [0.05, 0.1) is 12.0 Å². The van der Waals surface area contributed by atoms with E-state index in [4.69, 9.17) is 14.3 Å². The van der Waals surface area contributed by atoms with Crippen molar-refractivity contribution in [1.82, 2.24) is 14.6 Å². The predicted octanol–water partition coefficient (Wildman–Crippen LogP) is 1.05. The second kappa shape index (κ2) is 5.52. The molecule has 25 heavy (non-hydrogen) atoms. The Labute approximate surface area is 141 Å². The van der Waals surface area contributed by atoms with E-state index in [1.165, 1.54) is 10.9 Å². The van der Waals surface area contributed by atoms with Crippen molar-refractivity contribution in [3.63, 3.8) is 0 Å². The molecule has 1 N–H and O–H groups in total. The van der Waals surface area contributed by atoms with Crippen molar-refractivity contribution in [3.05, 3.63) is 70.3 Å². The molecule has 0 aliphatic rings. The number of para-hydroxylation sites is 1. The van der Waals surface area contributed by atoms with Gasteiger partial charge in [0.1, 0.15) is 5.69 Å². The van der Waals surface area contributed by atoms with Crippen LogP contribution in [0, 0.1) is 12.3 Å². The third-order valence-electron chi connectivity index (χ3n) is 4.13. The summed E-state index contributed by atoms with van der Waals surface area (Å²) in [6.07, 6.45) is 1.49. The molecule has 3 aromatic heterocycles. The molecule has 0 atom stereocenters. The fraction of sp³-hybridized carbons (Fsp3) is 0.118. The first kappa shape index (κ1) is 15.0. The lowest BCUT2D eigenvalue weighted by atomic mass is 10.3. The van der Waals surface area contributed by atoms with Gasteiger partial charge in [0.2, 0.25) is 5.76 Å². The molecule has 8 heteroatoms. The summed E-state index contributed by atoms with van der Waals surface area (Å²) in [6.45, 7) is 1.81. The van der Waals surface area contributed by atoms with Crippen molar-refractivity contribution >= 4 is 0 Å². The van der Waals surface area contributed by atoms with Crippen LogP contribution in [0.5, 0.6) is 0 Å². The Morgan fingerprint density at radius 3 is 2.60 bits per heavy atom. The van der Waals surface area contributed by atoms with E-state index in [-0.39, 0.29) is 16.8 Å². The largest absolute Gasteiger partial charge is 0.486 e. The first-order chi connectivity index (χ1) is 12.1. The molecular formula is C17H15N5O3. The number of benzene rings is 1. The van der Waals surface area contributed by atoms with Gasteiger partial charge in [0.15, 0.2) is 0 Å².